The highest BCUT2D eigenvalue weighted by Gasteiger charge is 2.45. The first-order valence-electron chi connectivity index (χ1n) is 6.26. The van der Waals surface area contributed by atoms with Gasteiger partial charge in [0.1, 0.15) is 0 Å². The summed E-state index contributed by atoms with van der Waals surface area (Å²) in [5, 5.41) is 19.3. The molecule has 2 rings (SSSR count). The minimum atomic E-state index is -1.11. The molecule has 0 amide bonds. The topological polar surface area (TPSA) is 57.5 Å². The predicted molar refractivity (Wildman–Crippen MR) is 65.2 cm³/mol. The smallest absolute Gasteiger partial charge is 0.314 e. The van der Waals surface area contributed by atoms with E-state index in [9.17, 15) is 19.4 Å². The van der Waals surface area contributed by atoms with E-state index in [2.05, 4.69) is 0 Å². The molecule has 1 fully saturated rings. The van der Waals surface area contributed by atoms with Crippen LogP contribution in [0.25, 0.3) is 0 Å². The van der Waals surface area contributed by atoms with Crippen LogP contribution >= 0.6 is 0 Å². The first-order chi connectivity index (χ1) is 8.51. The third-order valence-electron chi connectivity index (χ3n) is 3.91. The van der Waals surface area contributed by atoms with Crippen molar-refractivity contribution in [2.45, 2.75) is 44.4 Å². The molecule has 0 spiro atoms. The number of phenolic OH excluding ortho intramolecular Hbond substituents is 1. The number of aryl methyl sites for hydroxylation is 1. The fourth-order valence-corrected chi connectivity index (χ4v) is 2.80. The molecule has 0 saturated heterocycles. The van der Waals surface area contributed by atoms with Gasteiger partial charge in [-0.1, -0.05) is 25.8 Å². The van der Waals surface area contributed by atoms with Crippen molar-refractivity contribution in [2.75, 3.05) is 0 Å². The van der Waals surface area contributed by atoms with Crippen LogP contribution in [0.1, 0.15) is 43.7 Å². The van der Waals surface area contributed by atoms with Crippen molar-refractivity contribution in [1.82, 2.24) is 0 Å². The summed E-state index contributed by atoms with van der Waals surface area (Å²) in [5.41, 5.74) is -0.159. The quantitative estimate of drug-likeness (QED) is 0.869. The van der Waals surface area contributed by atoms with E-state index in [1.54, 1.807) is 6.07 Å². The zero-order valence-corrected chi connectivity index (χ0v) is 10.4. The molecular weight excluding hydrogens is 235 g/mol. The number of halogens is 1. The molecule has 0 radical (unpaired) electrons. The lowest BCUT2D eigenvalue weighted by Gasteiger charge is -2.26. The van der Waals surface area contributed by atoms with Crippen LogP contribution < -0.4 is 0 Å². The standard InChI is InChI=1S/C14H17FO3/c1-2-9-7-10(12(16)11(15)8-9)14(13(17)18)5-3-4-6-14/h7-8,16H,2-6H2,1H3,(H,17,18). The van der Waals surface area contributed by atoms with Crippen LogP contribution in [-0.2, 0) is 16.6 Å². The number of hydrogen-bond donors (Lipinski definition) is 2. The zero-order valence-electron chi connectivity index (χ0n) is 10.4. The van der Waals surface area contributed by atoms with Crippen LogP contribution in [0.15, 0.2) is 12.1 Å². The molecule has 1 aliphatic rings. The summed E-state index contributed by atoms with van der Waals surface area (Å²) in [6, 6.07) is 2.90. The number of aliphatic carboxylic acids is 1. The minimum Gasteiger partial charge on any atom is -0.505 e. The van der Waals surface area contributed by atoms with E-state index in [0.29, 0.717) is 24.8 Å². The highest BCUT2D eigenvalue weighted by Crippen LogP contribution is 2.45. The Balaban J connectivity index is 2.61. The van der Waals surface area contributed by atoms with Crippen LogP contribution in [0.3, 0.4) is 0 Å². The van der Waals surface area contributed by atoms with E-state index >= 15 is 0 Å². The normalized spacial score (nSPS) is 17.9. The summed E-state index contributed by atoms with van der Waals surface area (Å²) >= 11 is 0. The van der Waals surface area contributed by atoms with Crippen LogP contribution in [0.5, 0.6) is 5.75 Å². The summed E-state index contributed by atoms with van der Waals surface area (Å²) in [7, 11) is 0. The molecule has 1 aromatic carbocycles. The maximum Gasteiger partial charge on any atom is 0.314 e. The number of carboxylic acid groups (broad SMARTS) is 1. The molecule has 4 heteroatoms. The molecule has 2 N–H and O–H groups in total. The number of carbonyl (C=O) groups is 1. The second-order valence-electron chi connectivity index (χ2n) is 4.92. The Labute approximate surface area is 105 Å². The molecular formula is C14H17FO3. The van der Waals surface area contributed by atoms with E-state index in [4.69, 9.17) is 0 Å². The molecule has 1 aromatic rings. The molecule has 1 saturated carbocycles. The van der Waals surface area contributed by atoms with E-state index in [1.165, 1.54) is 6.07 Å². The second kappa shape index (κ2) is 4.59. The Morgan fingerprint density at radius 1 is 1.39 bits per heavy atom. The third kappa shape index (κ3) is 1.85. The molecule has 0 atom stereocenters. The Kier molecular flexibility index (Phi) is 3.28. The molecule has 0 unspecified atom stereocenters. The van der Waals surface area contributed by atoms with Gasteiger partial charge in [-0.2, -0.15) is 0 Å². The first-order valence-corrected chi connectivity index (χ1v) is 6.26. The van der Waals surface area contributed by atoms with E-state index in [1.807, 2.05) is 6.92 Å². The maximum absolute atomic E-state index is 13.7. The molecule has 0 heterocycles. The van der Waals surface area contributed by atoms with Gasteiger partial charge in [-0.25, -0.2) is 4.39 Å². The van der Waals surface area contributed by atoms with Crippen molar-refractivity contribution in [3.8, 4) is 5.75 Å². The van der Waals surface area contributed by atoms with Gasteiger partial charge in [0.2, 0.25) is 0 Å². The average Bonchev–Trinajstić information content (AvgIpc) is 2.82. The molecule has 0 aliphatic heterocycles. The summed E-state index contributed by atoms with van der Waals surface area (Å²) in [6.45, 7) is 1.87. The number of rotatable bonds is 3. The number of aromatic hydroxyl groups is 1. The fourth-order valence-electron chi connectivity index (χ4n) is 2.80. The summed E-state index contributed by atoms with van der Waals surface area (Å²) < 4.78 is 13.7. The van der Waals surface area contributed by atoms with Crippen molar-refractivity contribution < 1.29 is 19.4 Å². The zero-order chi connectivity index (χ0) is 13.3. The molecule has 3 nitrogen and oxygen atoms in total. The van der Waals surface area contributed by atoms with Crippen molar-refractivity contribution in [3.63, 3.8) is 0 Å². The van der Waals surface area contributed by atoms with Gasteiger partial charge in [0, 0.05) is 5.56 Å². The van der Waals surface area contributed by atoms with Gasteiger partial charge in [0.15, 0.2) is 11.6 Å². The Morgan fingerprint density at radius 2 is 2.00 bits per heavy atom. The van der Waals surface area contributed by atoms with Crippen LogP contribution in [0.4, 0.5) is 4.39 Å². The number of hydrogen-bond acceptors (Lipinski definition) is 2. The highest BCUT2D eigenvalue weighted by atomic mass is 19.1. The Hall–Kier alpha value is -1.58. The fraction of sp³-hybridized carbons (Fsp3) is 0.500. The van der Waals surface area contributed by atoms with Crippen LogP contribution in [0, 0.1) is 5.82 Å². The van der Waals surface area contributed by atoms with Gasteiger partial charge >= 0.3 is 5.97 Å². The molecule has 0 bridgehead atoms. The minimum absolute atomic E-state index is 0.240. The van der Waals surface area contributed by atoms with Gasteiger partial charge in [-0.05, 0) is 30.9 Å². The average molecular weight is 252 g/mol. The van der Waals surface area contributed by atoms with E-state index < -0.39 is 23.0 Å². The van der Waals surface area contributed by atoms with Gasteiger partial charge < -0.3 is 10.2 Å². The van der Waals surface area contributed by atoms with Gasteiger partial charge in [-0.3, -0.25) is 4.79 Å². The molecule has 18 heavy (non-hydrogen) atoms. The summed E-state index contributed by atoms with van der Waals surface area (Å²) in [5.74, 6) is -2.20. The molecule has 98 valence electrons. The van der Waals surface area contributed by atoms with E-state index in [-0.39, 0.29) is 5.56 Å². The SMILES string of the molecule is CCc1cc(F)c(O)c(C2(C(=O)O)CCCC2)c1. The van der Waals surface area contributed by atoms with Crippen LogP contribution in [0.2, 0.25) is 0 Å². The highest BCUT2D eigenvalue weighted by molar-refractivity contribution is 5.83. The van der Waals surface area contributed by atoms with Crippen LogP contribution in [-0.4, -0.2) is 16.2 Å². The van der Waals surface area contributed by atoms with Crippen molar-refractivity contribution in [3.05, 3.63) is 29.1 Å². The Morgan fingerprint density at radius 3 is 2.50 bits per heavy atom. The lowest BCUT2D eigenvalue weighted by atomic mass is 9.77. The van der Waals surface area contributed by atoms with Gasteiger partial charge in [0.05, 0.1) is 5.41 Å². The first kappa shape index (κ1) is 12.9. The van der Waals surface area contributed by atoms with Crippen molar-refractivity contribution in [1.29, 1.82) is 0 Å². The Bertz CT molecular complexity index is 476. The van der Waals surface area contributed by atoms with Gasteiger partial charge in [0.25, 0.3) is 0 Å². The van der Waals surface area contributed by atoms with Crippen molar-refractivity contribution in [2.24, 2.45) is 0 Å². The van der Waals surface area contributed by atoms with Gasteiger partial charge in [-0.15, -0.1) is 0 Å². The third-order valence-corrected chi connectivity index (χ3v) is 3.91. The van der Waals surface area contributed by atoms with E-state index in [0.717, 1.165) is 12.8 Å². The maximum atomic E-state index is 13.7. The lowest BCUT2D eigenvalue weighted by Crippen LogP contribution is -2.33. The number of benzene rings is 1. The van der Waals surface area contributed by atoms with Crippen molar-refractivity contribution >= 4 is 5.97 Å². The summed E-state index contributed by atoms with van der Waals surface area (Å²) in [6.07, 6.45) is 3.12. The largest absolute Gasteiger partial charge is 0.505 e. The summed E-state index contributed by atoms with van der Waals surface area (Å²) in [4.78, 5) is 11.6. The second-order valence-corrected chi connectivity index (χ2v) is 4.92. The number of carboxylic acids is 1. The molecule has 1 aliphatic carbocycles. The predicted octanol–water partition coefficient (Wildman–Crippen LogP) is 2.99. The monoisotopic (exact) mass is 252 g/mol. The molecule has 0 aromatic heterocycles. The lowest BCUT2D eigenvalue weighted by molar-refractivity contribution is -0.143. The number of phenols is 1.